The number of halogens is 15. The molecule has 2 aromatic rings. The van der Waals surface area contributed by atoms with E-state index in [4.69, 9.17) is 0 Å². The second kappa shape index (κ2) is 14.0. The molecule has 2 N–H and O–H groups in total. The molecule has 0 atom stereocenters. The minimum Gasteiger partial charge on any atom is -0.423 e. The summed E-state index contributed by atoms with van der Waals surface area (Å²) in [5.41, 5.74) is -17.1. The van der Waals surface area contributed by atoms with Gasteiger partial charge < -0.3 is 14.9 Å². The van der Waals surface area contributed by atoms with Gasteiger partial charge in [-0.1, -0.05) is 58.2 Å². The number of carbonyl (C=O) groups is 1. The van der Waals surface area contributed by atoms with E-state index in [-0.39, 0.29) is 24.6 Å². The number of hydrogen-bond acceptors (Lipinski definition) is 4. The Morgan fingerprint density at radius 3 is 1.33 bits per heavy atom. The topological polar surface area (TPSA) is 66.8 Å². The molecule has 0 saturated carbocycles. The van der Waals surface area contributed by atoms with E-state index in [0.717, 1.165) is 26.0 Å². The minimum atomic E-state index is -6.32. The van der Waals surface area contributed by atoms with Gasteiger partial charge in [0.15, 0.2) is 5.41 Å². The highest BCUT2D eigenvalue weighted by Crippen LogP contribution is 2.53. The van der Waals surface area contributed by atoms with Crippen molar-refractivity contribution < 1.29 is 85.6 Å². The predicted octanol–water partition coefficient (Wildman–Crippen LogP) is 10.3. The molecule has 0 bridgehead atoms. The monoisotopic (exact) mass is 764 g/mol. The largest absolute Gasteiger partial charge is 0.430 e. The summed E-state index contributed by atoms with van der Waals surface area (Å²) in [7, 11) is 0. The van der Waals surface area contributed by atoms with Gasteiger partial charge in [0.2, 0.25) is 0 Å². The summed E-state index contributed by atoms with van der Waals surface area (Å²) < 4.78 is 199. The Bertz CT molecular complexity index is 1570. The van der Waals surface area contributed by atoms with Crippen molar-refractivity contribution >= 4 is 12.0 Å². The summed E-state index contributed by atoms with van der Waals surface area (Å²) in [5.74, 6) is -3.43. The maximum absolute atomic E-state index is 13.2. The molecule has 0 unspecified atom stereocenters. The first kappa shape index (κ1) is 45.3. The van der Waals surface area contributed by atoms with E-state index >= 15 is 0 Å². The number of ether oxygens (including phenoxy) is 1. The third kappa shape index (κ3) is 9.78. The first-order chi connectivity index (χ1) is 22.3. The lowest BCUT2D eigenvalue weighted by Gasteiger charge is -2.35. The molecule has 0 radical (unpaired) electrons. The SMILES string of the molecule is C=C(C(=O)Oc1cc(C(C)(C)O)cc(C(O)(C(F)(F)F)C(F)(F)F)c1)C(F)(F)F.C=Cc1cc(C(C)(C)C)cc(C(C)(C(F)(F)F)C(F)(F)F)c1. The van der Waals surface area contributed by atoms with E-state index in [9.17, 15) is 80.9 Å². The molecule has 0 spiro atoms. The molecule has 0 aliphatic heterocycles. The second-order valence-corrected chi connectivity index (χ2v) is 12.8. The fourth-order valence-corrected chi connectivity index (χ4v) is 3.97. The molecule has 4 nitrogen and oxygen atoms in total. The number of esters is 1. The lowest BCUT2D eigenvalue weighted by molar-refractivity contribution is -0.376. The van der Waals surface area contributed by atoms with Gasteiger partial charge in [-0.3, -0.25) is 0 Å². The van der Waals surface area contributed by atoms with E-state index in [1.54, 1.807) is 26.8 Å². The lowest BCUT2D eigenvalue weighted by Crippen LogP contribution is -2.54. The first-order valence-electron chi connectivity index (χ1n) is 13.9. The number of aliphatic hydroxyl groups is 2. The molecule has 0 amide bonds. The highest BCUT2D eigenvalue weighted by Gasteiger charge is 2.72. The van der Waals surface area contributed by atoms with Crippen LogP contribution in [0.5, 0.6) is 5.75 Å². The van der Waals surface area contributed by atoms with Crippen LogP contribution in [-0.2, 0) is 26.8 Å². The summed E-state index contributed by atoms with van der Waals surface area (Å²) in [6, 6.07) is 3.98. The van der Waals surface area contributed by atoms with E-state index in [1.807, 2.05) is 0 Å². The summed E-state index contributed by atoms with van der Waals surface area (Å²) >= 11 is 0. The van der Waals surface area contributed by atoms with Gasteiger partial charge >= 0.3 is 36.9 Å². The molecular formula is C32H31F15O4. The van der Waals surface area contributed by atoms with E-state index in [0.29, 0.717) is 11.6 Å². The van der Waals surface area contributed by atoms with Crippen molar-refractivity contribution in [2.75, 3.05) is 0 Å². The van der Waals surface area contributed by atoms with Gasteiger partial charge in [-0.05, 0) is 66.6 Å². The number of rotatable bonds is 6. The van der Waals surface area contributed by atoms with Gasteiger partial charge in [-0.2, -0.15) is 65.9 Å². The molecule has 0 heterocycles. The quantitative estimate of drug-likeness (QED) is 0.133. The van der Waals surface area contributed by atoms with Crippen LogP contribution in [0.25, 0.3) is 6.08 Å². The molecule has 51 heavy (non-hydrogen) atoms. The molecule has 2 aromatic carbocycles. The highest BCUT2D eigenvalue weighted by atomic mass is 19.4. The van der Waals surface area contributed by atoms with Crippen LogP contribution in [0.1, 0.15) is 69.4 Å². The summed E-state index contributed by atoms with van der Waals surface area (Å²) in [6.45, 7) is 13.0. The molecule has 2 rings (SSSR count). The van der Waals surface area contributed by atoms with Gasteiger partial charge in [0.1, 0.15) is 11.3 Å². The molecular weight excluding hydrogens is 733 g/mol. The second-order valence-electron chi connectivity index (χ2n) is 12.8. The fraction of sp³-hybridized carbons (Fsp3) is 0.469. The van der Waals surface area contributed by atoms with E-state index < -0.39 is 86.9 Å². The number of benzene rings is 2. The van der Waals surface area contributed by atoms with Crippen molar-refractivity contribution in [2.45, 2.75) is 94.5 Å². The number of hydrogen-bond donors (Lipinski definition) is 2. The molecule has 0 saturated heterocycles. The Morgan fingerprint density at radius 1 is 0.608 bits per heavy atom. The molecule has 0 aliphatic carbocycles. The smallest absolute Gasteiger partial charge is 0.423 e. The van der Waals surface area contributed by atoms with Crippen LogP contribution in [-0.4, -0.2) is 47.1 Å². The van der Waals surface area contributed by atoms with Crippen LogP contribution < -0.4 is 4.74 Å². The fourth-order valence-electron chi connectivity index (χ4n) is 3.97. The van der Waals surface area contributed by atoms with Gasteiger partial charge in [-0.25, -0.2) is 4.79 Å². The Hall–Kier alpha value is -3.74. The zero-order valence-electron chi connectivity index (χ0n) is 27.3. The normalized spacial score (nSPS) is 14.0. The van der Waals surface area contributed by atoms with Crippen molar-refractivity contribution in [3.05, 3.63) is 82.9 Å². The van der Waals surface area contributed by atoms with Crippen LogP contribution in [0.2, 0.25) is 0 Å². The van der Waals surface area contributed by atoms with E-state index in [2.05, 4.69) is 17.9 Å². The van der Waals surface area contributed by atoms with Gasteiger partial charge in [0.25, 0.3) is 5.60 Å². The van der Waals surface area contributed by atoms with Crippen molar-refractivity contribution in [1.29, 1.82) is 0 Å². The van der Waals surface area contributed by atoms with Crippen LogP contribution in [0.15, 0.2) is 55.1 Å². The summed E-state index contributed by atoms with van der Waals surface area (Å²) in [5, 5.41) is 19.4. The van der Waals surface area contributed by atoms with E-state index in [1.165, 1.54) is 6.08 Å². The maximum atomic E-state index is 13.2. The summed E-state index contributed by atoms with van der Waals surface area (Å²) in [6.07, 6.45) is -27.6. The predicted molar refractivity (Wildman–Crippen MR) is 153 cm³/mol. The average molecular weight is 765 g/mol. The minimum absolute atomic E-state index is 0.113. The van der Waals surface area contributed by atoms with Crippen molar-refractivity contribution in [2.24, 2.45) is 0 Å². The van der Waals surface area contributed by atoms with Gasteiger partial charge in [0, 0.05) is 5.56 Å². The lowest BCUT2D eigenvalue weighted by atomic mass is 9.76. The molecule has 19 heteroatoms. The zero-order valence-corrected chi connectivity index (χ0v) is 27.3. The zero-order chi connectivity index (χ0) is 40.8. The Labute approximate surface area is 281 Å². The van der Waals surface area contributed by atoms with Crippen molar-refractivity contribution in [3.63, 3.8) is 0 Å². The third-order valence-electron chi connectivity index (χ3n) is 7.42. The molecule has 0 fully saturated rings. The number of carbonyl (C=O) groups excluding carboxylic acids is 1. The summed E-state index contributed by atoms with van der Waals surface area (Å²) in [4.78, 5) is 11.5. The first-order valence-corrected chi connectivity index (χ1v) is 13.9. The molecule has 0 aliphatic rings. The highest BCUT2D eigenvalue weighted by molar-refractivity contribution is 5.90. The van der Waals surface area contributed by atoms with Crippen LogP contribution in [0.4, 0.5) is 65.9 Å². The maximum Gasteiger partial charge on any atom is 0.430 e. The molecule has 0 aromatic heterocycles. The van der Waals surface area contributed by atoms with Crippen molar-refractivity contribution in [1.82, 2.24) is 0 Å². The third-order valence-corrected chi connectivity index (χ3v) is 7.42. The number of alkyl halides is 15. The molecule has 288 valence electrons. The Kier molecular flexibility index (Phi) is 12.4. The van der Waals surface area contributed by atoms with Crippen LogP contribution >= 0.6 is 0 Å². The van der Waals surface area contributed by atoms with Crippen molar-refractivity contribution in [3.8, 4) is 5.75 Å². The van der Waals surface area contributed by atoms with Crippen LogP contribution in [0.3, 0.4) is 0 Å². The van der Waals surface area contributed by atoms with Gasteiger partial charge in [0.05, 0.1) is 5.60 Å². The Morgan fingerprint density at radius 2 is 1.00 bits per heavy atom. The standard InChI is InChI=1S/C16H13F9O4.C16H18F6/c1-7(14(17,18)19)11(26)29-10-5-8(12(2,3)27)4-9(6-10)13(28,15(20,21)22)16(23,24)25;1-6-10-7-11(13(2,3)4)9-12(8-10)14(5,15(17,18)19)16(20,21)22/h4-6,27-28H,1H2,2-3H3;6-9H,1H2,2-5H3. The Balaban J connectivity index is 0.000000530. The van der Waals surface area contributed by atoms with Crippen LogP contribution in [0, 0.1) is 0 Å². The average Bonchev–Trinajstić information content (AvgIpc) is 2.91. The van der Waals surface area contributed by atoms with Gasteiger partial charge in [-0.15, -0.1) is 0 Å².